The first-order valence-electron chi connectivity index (χ1n) is 8.98. The molecule has 0 heterocycles. The van der Waals surface area contributed by atoms with E-state index >= 15 is 0 Å². The molecule has 0 aliphatic heterocycles. The Morgan fingerprint density at radius 3 is 1.96 bits per heavy atom. The lowest BCUT2D eigenvalue weighted by atomic mass is 9.98. The zero-order chi connectivity index (χ0) is 19.2. The van der Waals surface area contributed by atoms with Crippen molar-refractivity contribution in [2.75, 3.05) is 5.32 Å². The summed E-state index contributed by atoms with van der Waals surface area (Å²) in [6.07, 6.45) is 0. The molecule has 0 spiro atoms. The maximum atomic E-state index is 12.8. The van der Waals surface area contributed by atoms with Crippen LogP contribution in [0.2, 0.25) is 5.02 Å². The van der Waals surface area contributed by atoms with Crippen molar-refractivity contribution < 1.29 is 4.79 Å². The quantitative estimate of drug-likeness (QED) is 0.606. The number of hydrogen-bond donors (Lipinski definition) is 2. The summed E-state index contributed by atoms with van der Waals surface area (Å²) in [4.78, 5) is 12.8. The molecule has 138 valence electrons. The van der Waals surface area contributed by atoms with Crippen LogP contribution in [-0.2, 0) is 4.79 Å². The van der Waals surface area contributed by atoms with Gasteiger partial charge in [-0.25, -0.2) is 0 Å². The van der Waals surface area contributed by atoms with E-state index in [1.165, 1.54) is 0 Å². The third-order valence-electron chi connectivity index (χ3n) is 4.60. The van der Waals surface area contributed by atoms with Crippen LogP contribution in [-0.4, -0.2) is 11.9 Å². The maximum Gasteiger partial charge on any atom is 0.241 e. The summed E-state index contributed by atoms with van der Waals surface area (Å²) in [6, 6.07) is 25.3. The Labute approximate surface area is 165 Å². The maximum absolute atomic E-state index is 12.8. The monoisotopic (exact) mass is 378 g/mol. The highest BCUT2D eigenvalue weighted by molar-refractivity contribution is 6.31. The normalized spacial score (nSPS) is 12.0. The van der Waals surface area contributed by atoms with Gasteiger partial charge in [-0.05, 0) is 42.7 Å². The molecule has 0 bridgehead atoms. The topological polar surface area (TPSA) is 41.1 Å². The van der Waals surface area contributed by atoms with Gasteiger partial charge in [0.25, 0.3) is 0 Å². The number of nitrogens with one attached hydrogen (secondary N) is 2. The molecule has 0 aliphatic rings. The smallest absolute Gasteiger partial charge is 0.241 e. The summed E-state index contributed by atoms with van der Waals surface area (Å²) in [5.74, 6) is -0.0998. The zero-order valence-electron chi connectivity index (χ0n) is 15.4. The minimum atomic E-state index is -0.395. The van der Waals surface area contributed by atoms with Gasteiger partial charge in [0, 0.05) is 10.7 Å². The Kier molecular flexibility index (Phi) is 6.28. The van der Waals surface area contributed by atoms with Gasteiger partial charge in [-0.1, -0.05) is 78.3 Å². The minimum absolute atomic E-state index is 0.0754. The van der Waals surface area contributed by atoms with Crippen LogP contribution in [0.5, 0.6) is 0 Å². The summed E-state index contributed by atoms with van der Waals surface area (Å²) in [6.45, 7) is 3.76. The molecule has 4 heteroatoms. The molecule has 1 unspecified atom stereocenters. The van der Waals surface area contributed by atoms with E-state index in [4.69, 9.17) is 11.6 Å². The average Bonchev–Trinajstić information content (AvgIpc) is 2.70. The molecule has 0 fully saturated rings. The van der Waals surface area contributed by atoms with Crippen molar-refractivity contribution >= 4 is 23.2 Å². The third-order valence-corrected chi connectivity index (χ3v) is 5.01. The second-order valence-corrected chi connectivity index (χ2v) is 6.95. The van der Waals surface area contributed by atoms with Crippen LogP contribution < -0.4 is 10.6 Å². The van der Waals surface area contributed by atoms with Crippen molar-refractivity contribution in [3.8, 4) is 0 Å². The highest BCUT2D eigenvalue weighted by Crippen LogP contribution is 2.24. The van der Waals surface area contributed by atoms with E-state index in [1.54, 1.807) is 0 Å². The van der Waals surface area contributed by atoms with E-state index in [0.717, 1.165) is 22.4 Å². The molecule has 0 radical (unpaired) electrons. The Morgan fingerprint density at radius 2 is 1.41 bits per heavy atom. The molecular formula is C23H23ClN2O. The molecule has 27 heavy (non-hydrogen) atoms. The summed E-state index contributed by atoms with van der Waals surface area (Å²) in [5.41, 5.74) is 3.82. The fraction of sp³-hybridized carbons (Fsp3) is 0.174. The summed E-state index contributed by atoms with van der Waals surface area (Å²) in [5, 5.41) is 7.07. The van der Waals surface area contributed by atoms with E-state index in [0.29, 0.717) is 5.02 Å². The molecule has 3 nitrogen and oxygen atoms in total. The predicted molar refractivity (Wildman–Crippen MR) is 112 cm³/mol. The number of carbonyl (C=O) groups is 1. The highest BCUT2D eigenvalue weighted by atomic mass is 35.5. The van der Waals surface area contributed by atoms with Gasteiger partial charge in [-0.3, -0.25) is 10.1 Å². The van der Waals surface area contributed by atoms with Gasteiger partial charge in [0.05, 0.1) is 12.1 Å². The summed E-state index contributed by atoms with van der Waals surface area (Å²) >= 11 is 6.15. The van der Waals surface area contributed by atoms with Crippen molar-refractivity contribution in [2.24, 2.45) is 0 Å². The van der Waals surface area contributed by atoms with Crippen molar-refractivity contribution in [2.45, 2.75) is 25.9 Å². The lowest BCUT2D eigenvalue weighted by Gasteiger charge is -2.24. The molecule has 3 aromatic carbocycles. The molecule has 1 atom stereocenters. The SMILES string of the molecule is Cc1c(Cl)cccc1NC(=O)C(C)NC(c1ccccc1)c1ccccc1. The van der Waals surface area contributed by atoms with Crippen LogP contribution in [0.3, 0.4) is 0 Å². The van der Waals surface area contributed by atoms with E-state index in [-0.39, 0.29) is 11.9 Å². The van der Waals surface area contributed by atoms with Crippen molar-refractivity contribution in [3.05, 3.63) is 101 Å². The molecule has 1 amide bonds. The molecule has 2 N–H and O–H groups in total. The average molecular weight is 379 g/mol. The number of hydrogen-bond acceptors (Lipinski definition) is 2. The van der Waals surface area contributed by atoms with Crippen LogP contribution in [0, 0.1) is 6.92 Å². The fourth-order valence-corrected chi connectivity index (χ4v) is 3.16. The van der Waals surface area contributed by atoms with Gasteiger partial charge < -0.3 is 5.32 Å². The lowest BCUT2D eigenvalue weighted by Crippen LogP contribution is -2.40. The Hall–Kier alpha value is -2.62. The molecule has 3 aromatic rings. The standard InChI is InChI=1S/C23H23ClN2O/c1-16-20(24)14-9-15-21(16)26-23(27)17(2)25-22(18-10-5-3-6-11-18)19-12-7-4-8-13-19/h3-15,17,22,25H,1-2H3,(H,26,27). The van der Waals surface area contributed by atoms with E-state index < -0.39 is 6.04 Å². The summed E-state index contributed by atoms with van der Waals surface area (Å²) < 4.78 is 0. The summed E-state index contributed by atoms with van der Waals surface area (Å²) in [7, 11) is 0. The molecule has 3 rings (SSSR count). The van der Waals surface area contributed by atoms with Crippen LogP contribution in [0.1, 0.15) is 29.7 Å². The molecule has 0 aromatic heterocycles. The molecular weight excluding hydrogens is 356 g/mol. The third kappa shape index (κ3) is 4.76. The Morgan fingerprint density at radius 1 is 0.852 bits per heavy atom. The number of benzene rings is 3. The molecule has 0 aliphatic carbocycles. The zero-order valence-corrected chi connectivity index (χ0v) is 16.2. The predicted octanol–water partition coefficient (Wildman–Crippen LogP) is 5.35. The van der Waals surface area contributed by atoms with E-state index in [9.17, 15) is 4.79 Å². The van der Waals surface area contributed by atoms with Crippen LogP contribution in [0.25, 0.3) is 0 Å². The Balaban J connectivity index is 1.79. The van der Waals surface area contributed by atoms with Gasteiger partial charge in [0.15, 0.2) is 0 Å². The minimum Gasteiger partial charge on any atom is -0.324 e. The lowest BCUT2D eigenvalue weighted by molar-refractivity contribution is -0.117. The van der Waals surface area contributed by atoms with Gasteiger partial charge in [-0.15, -0.1) is 0 Å². The van der Waals surface area contributed by atoms with Crippen LogP contribution in [0.15, 0.2) is 78.9 Å². The first-order valence-corrected chi connectivity index (χ1v) is 9.36. The van der Waals surface area contributed by atoms with Gasteiger partial charge in [-0.2, -0.15) is 0 Å². The Bertz CT molecular complexity index is 857. The number of anilines is 1. The second kappa shape index (κ2) is 8.85. The number of halogens is 1. The van der Waals surface area contributed by atoms with Gasteiger partial charge >= 0.3 is 0 Å². The number of amides is 1. The highest BCUT2D eigenvalue weighted by Gasteiger charge is 2.21. The fourth-order valence-electron chi connectivity index (χ4n) is 2.99. The number of carbonyl (C=O) groups excluding carboxylic acids is 1. The van der Waals surface area contributed by atoms with Crippen LogP contribution in [0.4, 0.5) is 5.69 Å². The van der Waals surface area contributed by atoms with Crippen molar-refractivity contribution in [3.63, 3.8) is 0 Å². The first kappa shape index (κ1) is 19.2. The molecule has 0 saturated heterocycles. The van der Waals surface area contributed by atoms with Crippen molar-refractivity contribution in [1.82, 2.24) is 5.32 Å². The van der Waals surface area contributed by atoms with E-state index in [1.807, 2.05) is 68.4 Å². The number of rotatable bonds is 6. The van der Waals surface area contributed by atoms with Crippen LogP contribution >= 0.6 is 11.6 Å². The largest absolute Gasteiger partial charge is 0.324 e. The molecule has 0 saturated carbocycles. The van der Waals surface area contributed by atoms with Crippen molar-refractivity contribution in [1.29, 1.82) is 0 Å². The van der Waals surface area contributed by atoms with Gasteiger partial charge in [0.1, 0.15) is 0 Å². The van der Waals surface area contributed by atoms with Gasteiger partial charge in [0.2, 0.25) is 5.91 Å². The first-order chi connectivity index (χ1) is 13.1. The second-order valence-electron chi connectivity index (χ2n) is 6.54. The van der Waals surface area contributed by atoms with E-state index in [2.05, 4.69) is 34.9 Å².